The maximum absolute atomic E-state index is 11.8. The summed E-state index contributed by atoms with van der Waals surface area (Å²) < 4.78 is 10.2. The minimum absolute atomic E-state index is 0.201. The lowest BCUT2D eigenvalue weighted by atomic mass is 10.1. The molecule has 0 atom stereocenters. The summed E-state index contributed by atoms with van der Waals surface area (Å²) in [7, 11) is 0. The molecule has 0 saturated heterocycles. The van der Waals surface area contributed by atoms with E-state index in [0.29, 0.717) is 26.3 Å². The molecule has 0 unspecified atom stereocenters. The Morgan fingerprint density at radius 3 is 1.67 bits per heavy atom. The maximum atomic E-state index is 11.8. The lowest BCUT2D eigenvalue weighted by Gasteiger charge is -2.31. The first kappa shape index (κ1) is 18.7. The van der Waals surface area contributed by atoms with Gasteiger partial charge in [0.15, 0.2) is 0 Å². The molecule has 2 heterocycles. The molecule has 2 aliphatic rings. The van der Waals surface area contributed by atoms with E-state index in [1.54, 1.807) is 0 Å². The van der Waals surface area contributed by atoms with Crippen molar-refractivity contribution in [3.8, 4) is 0 Å². The molecule has 0 saturated carbocycles. The second-order valence-electron chi connectivity index (χ2n) is 6.03. The summed E-state index contributed by atoms with van der Waals surface area (Å²) in [4.78, 5) is 28.2. The van der Waals surface area contributed by atoms with Gasteiger partial charge >= 0.3 is 11.9 Å². The first-order chi connectivity index (χ1) is 11.6. The standard InChI is InChI=1S/C18H28N2O4/c1-3-23-17(21)15-7-5-9-19(13-15)11-12-20-10-6-8-16(14-20)18(22)24-4-2/h7-8H,3-6,9-14H2,1-2H3. The van der Waals surface area contributed by atoms with Crippen LogP contribution in [0.25, 0.3) is 0 Å². The van der Waals surface area contributed by atoms with Crippen LogP contribution in [-0.4, -0.2) is 74.2 Å². The van der Waals surface area contributed by atoms with Gasteiger partial charge in [-0.1, -0.05) is 12.2 Å². The van der Waals surface area contributed by atoms with Gasteiger partial charge in [-0.3, -0.25) is 9.80 Å². The van der Waals surface area contributed by atoms with E-state index < -0.39 is 0 Å². The lowest BCUT2D eigenvalue weighted by Crippen LogP contribution is -2.41. The predicted octanol–water partition coefficient (Wildman–Crippen LogP) is 1.38. The van der Waals surface area contributed by atoms with Gasteiger partial charge in [-0.05, 0) is 26.7 Å². The molecular weight excluding hydrogens is 308 g/mol. The van der Waals surface area contributed by atoms with Crippen LogP contribution in [0, 0.1) is 0 Å². The van der Waals surface area contributed by atoms with Gasteiger partial charge in [0.2, 0.25) is 0 Å². The fraction of sp³-hybridized carbons (Fsp3) is 0.667. The van der Waals surface area contributed by atoms with Crippen molar-refractivity contribution in [2.75, 3.05) is 52.5 Å². The highest BCUT2D eigenvalue weighted by atomic mass is 16.5. The second kappa shape index (κ2) is 9.59. The third-order valence-electron chi connectivity index (χ3n) is 4.27. The Kier molecular flexibility index (Phi) is 7.46. The van der Waals surface area contributed by atoms with Gasteiger partial charge in [0.25, 0.3) is 0 Å². The fourth-order valence-corrected chi connectivity index (χ4v) is 3.02. The summed E-state index contributed by atoms with van der Waals surface area (Å²) in [6.45, 7) is 9.43. The van der Waals surface area contributed by atoms with Gasteiger partial charge < -0.3 is 9.47 Å². The molecule has 6 nitrogen and oxygen atoms in total. The summed E-state index contributed by atoms with van der Waals surface area (Å²) in [5.74, 6) is -0.402. The van der Waals surface area contributed by atoms with Gasteiger partial charge in [-0.15, -0.1) is 0 Å². The van der Waals surface area contributed by atoms with Crippen LogP contribution in [0.1, 0.15) is 26.7 Å². The summed E-state index contributed by atoms with van der Waals surface area (Å²) in [6, 6.07) is 0. The summed E-state index contributed by atoms with van der Waals surface area (Å²) >= 11 is 0. The monoisotopic (exact) mass is 336 g/mol. The van der Waals surface area contributed by atoms with Crippen molar-refractivity contribution in [3.63, 3.8) is 0 Å². The number of nitrogens with zero attached hydrogens (tertiary/aromatic N) is 2. The molecule has 0 bridgehead atoms. The number of rotatable bonds is 7. The van der Waals surface area contributed by atoms with E-state index in [0.717, 1.165) is 50.2 Å². The average Bonchev–Trinajstić information content (AvgIpc) is 2.61. The second-order valence-corrected chi connectivity index (χ2v) is 6.03. The quantitative estimate of drug-likeness (QED) is 0.655. The van der Waals surface area contributed by atoms with E-state index in [1.165, 1.54) is 0 Å². The van der Waals surface area contributed by atoms with Crippen LogP contribution < -0.4 is 0 Å². The summed E-state index contributed by atoms with van der Waals surface area (Å²) in [6.07, 6.45) is 5.72. The predicted molar refractivity (Wildman–Crippen MR) is 91.5 cm³/mol. The van der Waals surface area contributed by atoms with E-state index in [9.17, 15) is 9.59 Å². The Labute approximate surface area is 144 Å². The molecule has 0 radical (unpaired) electrons. The molecule has 0 aromatic rings. The van der Waals surface area contributed by atoms with Crippen molar-refractivity contribution >= 4 is 11.9 Å². The Balaban J connectivity index is 1.78. The Morgan fingerprint density at radius 1 is 0.875 bits per heavy atom. The van der Waals surface area contributed by atoms with E-state index in [2.05, 4.69) is 9.80 Å². The van der Waals surface area contributed by atoms with Gasteiger partial charge in [-0.2, -0.15) is 0 Å². The van der Waals surface area contributed by atoms with E-state index in [4.69, 9.17) is 9.47 Å². The molecular formula is C18H28N2O4. The first-order valence-corrected chi connectivity index (χ1v) is 8.81. The molecule has 0 fully saturated rings. The van der Waals surface area contributed by atoms with E-state index in [1.807, 2.05) is 26.0 Å². The van der Waals surface area contributed by atoms with Gasteiger partial charge in [0.05, 0.1) is 13.2 Å². The zero-order valence-electron chi connectivity index (χ0n) is 14.8. The minimum Gasteiger partial charge on any atom is -0.463 e. The molecule has 24 heavy (non-hydrogen) atoms. The lowest BCUT2D eigenvalue weighted by molar-refractivity contribution is -0.140. The summed E-state index contributed by atoms with van der Waals surface area (Å²) in [5.41, 5.74) is 1.52. The molecule has 134 valence electrons. The van der Waals surface area contributed by atoms with E-state index in [-0.39, 0.29) is 11.9 Å². The van der Waals surface area contributed by atoms with Crippen LogP contribution in [0.15, 0.2) is 23.3 Å². The largest absolute Gasteiger partial charge is 0.463 e. The Bertz CT molecular complexity index is 467. The van der Waals surface area contributed by atoms with Gasteiger partial charge in [0, 0.05) is 50.4 Å². The molecule has 6 heteroatoms. The van der Waals surface area contributed by atoms with Crippen LogP contribution in [0.4, 0.5) is 0 Å². The number of hydrogen-bond donors (Lipinski definition) is 0. The summed E-state index contributed by atoms with van der Waals surface area (Å²) in [5, 5.41) is 0. The highest BCUT2D eigenvalue weighted by molar-refractivity contribution is 5.89. The van der Waals surface area contributed by atoms with Gasteiger partial charge in [-0.25, -0.2) is 9.59 Å². The van der Waals surface area contributed by atoms with Crippen LogP contribution in [-0.2, 0) is 19.1 Å². The Morgan fingerprint density at radius 2 is 1.29 bits per heavy atom. The third-order valence-corrected chi connectivity index (χ3v) is 4.27. The van der Waals surface area contributed by atoms with Crippen LogP contribution in [0.5, 0.6) is 0 Å². The molecule has 0 aromatic heterocycles. The van der Waals surface area contributed by atoms with Crippen molar-refractivity contribution < 1.29 is 19.1 Å². The number of ether oxygens (including phenoxy) is 2. The van der Waals surface area contributed by atoms with Crippen molar-refractivity contribution in [2.24, 2.45) is 0 Å². The smallest absolute Gasteiger partial charge is 0.334 e. The molecule has 0 aromatic carbocycles. The molecule has 0 amide bonds. The van der Waals surface area contributed by atoms with Crippen LogP contribution in [0.3, 0.4) is 0 Å². The SMILES string of the molecule is CCOC(=O)C1=CCCN(CCN2CCC=C(C(=O)OCC)C2)C1. The molecule has 0 N–H and O–H groups in total. The number of carbonyl (C=O) groups excluding carboxylic acids is 2. The zero-order valence-corrected chi connectivity index (χ0v) is 14.8. The van der Waals surface area contributed by atoms with Crippen molar-refractivity contribution in [3.05, 3.63) is 23.3 Å². The average molecular weight is 336 g/mol. The molecule has 2 aliphatic heterocycles. The van der Waals surface area contributed by atoms with Crippen molar-refractivity contribution in [2.45, 2.75) is 26.7 Å². The van der Waals surface area contributed by atoms with Gasteiger partial charge in [0.1, 0.15) is 0 Å². The van der Waals surface area contributed by atoms with E-state index >= 15 is 0 Å². The molecule has 0 aliphatic carbocycles. The topological polar surface area (TPSA) is 59.1 Å². The minimum atomic E-state index is -0.201. The van der Waals surface area contributed by atoms with Crippen LogP contribution >= 0.6 is 0 Å². The third kappa shape index (κ3) is 5.46. The fourth-order valence-electron chi connectivity index (χ4n) is 3.02. The van der Waals surface area contributed by atoms with Crippen LogP contribution in [0.2, 0.25) is 0 Å². The highest BCUT2D eigenvalue weighted by Gasteiger charge is 2.22. The number of hydrogen-bond acceptors (Lipinski definition) is 6. The number of carbonyl (C=O) groups is 2. The maximum Gasteiger partial charge on any atom is 0.334 e. The highest BCUT2D eigenvalue weighted by Crippen LogP contribution is 2.14. The molecule has 0 spiro atoms. The normalized spacial score (nSPS) is 19.4. The van der Waals surface area contributed by atoms with Crippen molar-refractivity contribution in [1.29, 1.82) is 0 Å². The zero-order chi connectivity index (χ0) is 17.4. The number of esters is 2. The first-order valence-electron chi connectivity index (χ1n) is 8.81. The Hall–Kier alpha value is -1.66. The van der Waals surface area contributed by atoms with Crippen molar-refractivity contribution in [1.82, 2.24) is 9.80 Å². The molecule has 2 rings (SSSR count).